The van der Waals surface area contributed by atoms with Crippen LogP contribution < -0.4 is 10.5 Å². The molecule has 2 N–H and O–H groups in total. The standard InChI is InChI=1S/C13H19Cl2NOS/c1-3-11(16)7-9-6-10(14)8-12(15)13(9)17-4-5-18-2/h6,8,11H,3-5,7,16H2,1-2H3. The first kappa shape index (κ1) is 16.0. The number of halogens is 2. The Balaban J connectivity index is 2.89. The zero-order chi connectivity index (χ0) is 13.5. The van der Waals surface area contributed by atoms with E-state index in [4.69, 9.17) is 33.7 Å². The Morgan fingerprint density at radius 2 is 2.11 bits per heavy atom. The van der Waals surface area contributed by atoms with Crippen molar-refractivity contribution in [3.63, 3.8) is 0 Å². The lowest BCUT2D eigenvalue weighted by molar-refractivity contribution is 0.339. The van der Waals surface area contributed by atoms with Gasteiger partial charge in [0, 0.05) is 16.8 Å². The van der Waals surface area contributed by atoms with Gasteiger partial charge in [-0.2, -0.15) is 11.8 Å². The molecule has 0 bridgehead atoms. The fourth-order valence-corrected chi connectivity index (χ4v) is 2.42. The molecule has 1 unspecified atom stereocenters. The fourth-order valence-electron chi connectivity index (χ4n) is 1.58. The summed E-state index contributed by atoms with van der Waals surface area (Å²) < 4.78 is 5.74. The van der Waals surface area contributed by atoms with Crippen LogP contribution in [0, 0.1) is 0 Å². The molecule has 0 aliphatic heterocycles. The molecule has 5 heteroatoms. The maximum absolute atomic E-state index is 6.18. The first-order chi connectivity index (χ1) is 8.58. The van der Waals surface area contributed by atoms with Crippen molar-refractivity contribution in [2.24, 2.45) is 5.73 Å². The second kappa shape index (κ2) is 8.16. The summed E-state index contributed by atoms with van der Waals surface area (Å²) in [5, 5.41) is 1.18. The molecule has 0 fully saturated rings. The molecule has 18 heavy (non-hydrogen) atoms. The molecule has 0 aliphatic rings. The zero-order valence-electron chi connectivity index (χ0n) is 10.7. The Bertz CT molecular complexity index is 387. The van der Waals surface area contributed by atoms with E-state index in [0.717, 1.165) is 29.9 Å². The number of ether oxygens (including phenoxy) is 1. The summed E-state index contributed by atoms with van der Waals surface area (Å²) in [6.45, 7) is 2.70. The summed E-state index contributed by atoms with van der Waals surface area (Å²) in [6, 6.07) is 3.69. The van der Waals surface area contributed by atoms with Crippen LogP contribution in [0.1, 0.15) is 18.9 Å². The molecule has 2 nitrogen and oxygen atoms in total. The van der Waals surface area contributed by atoms with Crippen molar-refractivity contribution in [1.82, 2.24) is 0 Å². The van der Waals surface area contributed by atoms with Gasteiger partial charge in [-0.3, -0.25) is 0 Å². The van der Waals surface area contributed by atoms with Crippen molar-refractivity contribution in [3.8, 4) is 5.75 Å². The first-order valence-corrected chi connectivity index (χ1v) is 8.08. The summed E-state index contributed by atoms with van der Waals surface area (Å²) in [7, 11) is 0. The third-order valence-corrected chi connectivity index (χ3v) is 3.70. The van der Waals surface area contributed by atoms with Gasteiger partial charge >= 0.3 is 0 Å². The quantitative estimate of drug-likeness (QED) is 0.773. The summed E-state index contributed by atoms with van der Waals surface area (Å²) in [6.07, 6.45) is 3.68. The van der Waals surface area contributed by atoms with Crippen LogP contribution >= 0.6 is 35.0 Å². The molecular formula is C13H19Cl2NOS. The summed E-state index contributed by atoms with van der Waals surface area (Å²) in [5.41, 5.74) is 6.97. The monoisotopic (exact) mass is 307 g/mol. The second-order valence-corrected chi connectivity index (χ2v) is 5.92. The smallest absolute Gasteiger partial charge is 0.141 e. The highest BCUT2D eigenvalue weighted by atomic mass is 35.5. The van der Waals surface area contributed by atoms with Gasteiger partial charge in [0.05, 0.1) is 11.6 Å². The van der Waals surface area contributed by atoms with Crippen molar-refractivity contribution in [2.75, 3.05) is 18.6 Å². The lowest BCUT2D eigenvalue weighted by Gasteiger charge is -2.16. The molecule has 1 aromatic carbocycles. The Labute approximate surface area is 123 Å². The van der Waals surface area contributed by atoms with E-state index in [1.807, 2.05) is 12.3 Å². The van der Waals surface area contributed by atoms with Crippen LogP contribution in [0.4, 0.5) is 0 Å². The molecule has 1 rings (SSSR count). The highest BCUT2D eigenvalue weighted by Gasteiger charge is 2.13. The van der Waals surface area contributed by atoms with Crippen LogP contribution in [0.15, 0.2) is 12.1 Å². The summed E-state index contributed by atoms with van der Waals surface area (Å²) in [4.78, 5) is 0. The summed E-state index contributed by atoms with van der Waals surface area (Å²) in [5.74, 6) is 1.65. The van der Waals surface area contributed by atoms with E-state index < -0.39 is 0 Å². The molecule has 0 saturated carbocycles. The first-order valence-electron chi connectivity index (χ1n) is 5.93. The van der Waals surface area contributed by atoms with E-state index in [0.29, 0.717) is 16.7 Å². The Morgan fingerprint density at radius 3 is 2.72 bits per heavy atom. The van der Waals surface area contributed by atoms with E-state index in [2.05, 4.69) is 6.92 Å². The Hall–Kier alpha value is -0.0900. The van der Waals surface area contributed by atoms with Crippen LogP contribution in [0.25, 0.3) is 0 Å². The van der Waals surface area contributed by atoms with E-state index in [9.17, 15) is 0 Å². The maximum Gasteiger partial charge on any atom is 0.141 e. The van der Waals surface area contributed by atoms with Crippen molar-refractivity contribution in [2.45, 2.75) is 25.8 Å². The van der Waals surface area contributed by atoms with Crippen molar-refractivity contribution in [1.29, 1.82) is 0 Å². The molecule has 0 aliphatic carbocycles. The number of hydrogen-bond acceptors (Lipinski definition) is 3. The largest absolute Gasteiger partial charge is 0.491 e. The second-order valence-electron chi connectivity index (χ2n) is 4.09. The molecular weight excluding hydrogens is 289 g/mol. The van der Waals surface area contributed by atoms with Gasteiger partial charge in [-0.25, -0.2) is 0 Å². The van der Waals surface area contributed by atoms with Crippen molar-refractivity contribution >= 4 is 35.0 Å². The van der Waals surface area contributed by atoms with Gasteiger partial charge in [0.15, 0.2) is 0 Å². The van der Waals surface area contributed by atoms with Gasteiger partial charge in [-0.1, -0.05) is 30.1 Å². The van der Waals surface area contributed by atoms with E-state index in [1.54, 1.807) is 17.8 Å². The van der Waals surface area contributed by atoms with Crippen LogP contribution in [0.2, 0.25) is 10.0 Å². The average molecular weight is 308 g/mol. The fraction of sp³-hybridized carbons (Fsp3) is 0.538. The molecule has 0 radical (unpaired) electrons. The minimum atomic E-state index is 0.0995. The van der Waals surface area contributed by atoms with Crippen molar-refractivity contribution < 1.29 is 4.74 Å². The lowest BCUT2D eigenvalue weighted by Crippen LogP contribution is -2.22. The molecule has 0 saturated heterocycles. The van der Waals surface area contributed by atoms with Crippen LogP contribution in [-0.2, 0) is 6.42 Å². The normalized spacial score (nSPS) is 12.5. The predicted molar refractivity (Wildman–Crippen MR) is 82.3 cm³/mol. The predicted octanol–water partition coefficient (Wildman–Crippen LogP) is 4.02. The average Bonchev–Trinajstić information content (AvgIpc) is 2.32. The minimum Gasteiger partial charge on any atom is -0.491 e. The van der Waals surface area contributed by atoms with E-state index in [1.165, 1.54) is 0 Å². The van der Waals surface area contributed by atoms with Crippen LogP contribution in [0.5, 0.6) is 5.75 Å². The van der Waals surface area contributed by atoms with Gasteiger partial charge in [-0.05, 0) is 36.8 Å². The lowest BCUT2D eigenvalue weighted by atomic mass is 10.0. The number of nitrogens with two attached hydrogens (primary N) is 1. The van der Waals surface area contributed by atoms with E-state index in [-0.39, 0.29) is 6.04 Å². The number of rotatable bonds is 7. The van der Waals surface area contributed by atoms with Gasteiger partial charge in [0.1, 0.15) is 5.75 Å². The summed E-state index contributed by atoms with van der Waals surface area (Å²) >= 11 is 13.9. The molecule has 1 aromatic rings. The zero-order valence-corrected chi connectivity index (χ0v) is 13.0. The van der Waals surface area contributed by atoms with E-state index >= 15 is 0 Å². The minimum absolute atomic E-state index is 0.0995. The topological polar surface area (TPSA) is 35.2 Å². The molecule has 102 valence electrons. The maximum atomic E-state index is 6.18. The van der Waals surface area contributed by atoms with Crippen LogP contribution in [-0.4, -0.2) is 24.7 Å². The number of hydrogen-bond donors (Lipinski definition) is 1. The highest BCUT2D eigenvalue weighted by Crippen LogP contribution is 2.33. The van der Waals surface area contributed by atoms with Crippen molar-refractivity contribution in [3.05, 3.63) is 27.7 Å². The molecule has 0 amide bonds. The third kappa shape index (κ3) is 4.88. The third-order valence-electron chi connectivity index (χ3n) is 2.63. The van der Waals surface area contributed by atoms with Gasteiger partial charge in [-0.15, -0.1) is 0 Å². The molecule has 0 spiro atoms. The van der Waals surface area contributed by atoms with Gasteiger partial charge in [0.25, 0.3) is 0 Å². The Kier molecular flexibility index (Phi) is 7.23. The Morgan fingerprint density at radius 1 is 1.39 bits per heavy atom. The highest BCUT2D eigenvalue weighted by molar-refractivity contribution is 7.98. The SMILES string of the molecule is CCC(N)Cc1cc(Cl)cc(Cl)c1OCCSC. The van der Waals surface area contributed by atoms with Gasteiger partial charge in [0.2, 0.25) is 0 Å². The van der Waals surface area contributed by atoms with Gasteiger partial charge < -0.3 is 10.5 Å². The molecule has 0 aromatic heterocycles. The van der Waals surface area contributed by atoms with Crippen LogP contribution in [0.3, 0.4) is 0 Å². The number of benzene rings is 1. The number of thioether (sulfide) groups is 1. The molecule has 0 heterocycles. The molecule has 1 atom stereocenters.